The third kappa shape index (κ3) is 2.36. The Hall–Kier alpha value is -2.08. The minimum Gasteiger partial charge on any atom is -0.347 e. The van der Waals surface area contributed by atoms with Gasteiger partial charge in [0, 0.05) is 35.6 Å². The number of rotatable bonds is 5. The lowest BCUT2D eigenvalue weighted by atomic mass is 10.1. The van der Waals surface area contributed by atoms with Crippen molar-refractivity contribution in [3.05, 3.63) is 36.0 Å². The fourth-order valence-corrected chi connectivity index (χ4v) is 2.03. The molecule has 0 atom stereocenters. The first kappa shape index (κ1) is 11.4. The van der Waals surface area contributed by atoms with Crippen molar-refractivity contribution >= 4 is 17.2 Å². The predicted molar refractivity (Wildman–Crippen MR) is 66.8 cm³/mol. The second-order valence-corrected chi connectivity index (χ2v) is 4.02. The van der Waals surface area contributed by atoms with E-state index in [-0.39, 0.29) is 0 Å². The molecule has 0 spiro atoms. The fourth-order valence-electron chi connectivity index (χ4n) is 2.03. The van der Waals surface area contributed by atoms with Crippen molar-refractivity contribution in [3.8, 4) is 6.07 Å². The number of nitrogens with zero attached hydrogens (tertiary/aromatic N) is 2. The summed E-state index contributed by atoms with van der Waals surface area (Å²) in [5.74, 6) is 0. The second kappa shape index (κ2) is 5.31. The maximum absolute atomic E-state index is 10.9. The summed E-state index contributed by atoms with van der Waals surface area (Å²) in [5, 5.41) is 9.47. The molecule has 0 saturated carbocycles. The molecule has 0 aliphatic heterocycles. The Balaban J connectivity index is 2.19. The highest BCUT2D eigenvalue weighted by molar-refractivity contribution is 5.97. The second-order valence-electron chi connectivity index (χ2n) is 4.02. The molecular formula is C14H14N2O. The number of aromatic nitrogens is 1. The van der Waals surface area contributed by atoms with Crippen LogP contribution in [0.1, 0.15) is 29.6 Å². The molecule has 0 radical (unpaired) electrons. The standard InChI is InChI=1S/C14H14N2O/c15-8-2-1-3-9-16-10-7-13-12(11-17)5-4-6-14(13)16/h4-7,10-11H,1-3,9H2. The number of unbranched alkanes of at least 4 members (excludes halogenated alkanes) is 2. The van der Waals surface area contributed by atoms with Crippen molar-refractivity contribution in [2.75, 3.05) is 0 Å². The molecule has 0 bridgehead atoms. The Morgan fingerprint density at radius 3 is 2.94 bits per heavy atom. The molecule has 1 aromatic heterocycles. The highest BCUT2D eigenvalue weighted by atomic mass is 16.1. The molecule has 17 heavy (non-hydrogen) atoms. The maximum atomic E-state index is 10.9. The van der Waals surface area contributed by atoms with Crippen molar-refractivity contribution in [1.29, 1.82) is 5.26 Å². The van der Waals surface area contributed by atoms with Crippen molar-refractivity contribution in [1.82, 2.24) is 4.57 Å². The van der Waals surface area contributed by atoms with Gasteiger partial charge in [-0.3, -0.25) is 4.79 Å². The van der Waals surface area contributed by atoms with Crippen LogP contribution in [0.4, 0.5) is 0 Å². The SMILES string of the molecule is N#CCCCCn1ccc2c(C=O)cccc21. The first-order valence-electron chi connectivity index (χ1n) is 5.77. The number of fused-ring (bicyclic) bond motifs is 1. The van der Waals surface area contributed by atoms with Crippen LogP contribution in [0.2, 0.25) is 0 Å². The Labute approximate surface area is 100 Å². The third-order valence-corrected chi connectivity index (χ3v) is 2.91. The van der Waals surface area contributed by atoms with Crippen LogP contribution < -0.4 is 0 Å². The average molecular weight is 226 g/mol. The zero-order valence-electron chi connectivity index (χ0n) is 9.60. The van der Waals surface area contributed by atoms with Crippen LogP contribution in [0.5, 0.6) is 0 Å². The largest absolute Gasteiger partial charge is 0.347 e. The molecule has 0 amide bonds. The number of carbonyl (C=O) groups excluding carboxylic acids is 1. The molecule has 2 aromatic rings. The molecule has 0 aliphatic rings. The van der Waals surface area contributed by atoms with Crippen LogP contribution in [0.3, 0.4) is 0 Å². The lowest BCUT2D eigenvalue weighted by molar-refractivity contribution is 0.112. The lowest BCUT2D eigenvalue weighted by Gasteiger charge is -2.04. The van der Waals surface area contributed by atoms with Crippen molar-refractivity contribution in [3.63, 3.8) is 0 Å². The minimum absolute atomic E-state index is 0.610. The molecule has 1 heterocycles. The molecule has 0 fully saturated rings. The minimum atomic E-state index is 0.610. The molecule has 86 valence electrons. The summed E-state index contributed by atoms with van der Waals surface area (Å²) in [5.41, 5.74) is 1.82. The summed E-state index contributed by atoms with van der Waals surface area (Å²) in [6, 6.07) is 9.87. The van der Waals surface area contributed by atoms with Crippen molar-refractivity contribution in [2.45, 2.75) is 25.8 Å². The number of aldehydes is 1. The van der Waals surface area contributed by atoms with Gasteiger partial charge >= 0.3 is 0 Å². The van der Waals surface area contributed by atoms with Gasteiger partial charge in [0.25, 0.3) is 0 Å². The Morgan fingerprint density at radius 1 is 1.29 bits per heavy atom. The summed E-state index contributed by atoms with van der Waals surface area (Å²) in [7, 11) is 0. The van der Waals surface area contributed by atoms with Crippen molar-refractivity contribution < 1.29 is 4.79 Å². The van der Waals surface area contributed by atoms with Gasteiger partial charge in [-0.15, -0.1) is 0 Å². The van der Waals surface area contributed by atoms with E-state index in [2.05, 4.69) is 10.6 Å². The summed E-state index contributed by atoms with van der Waals surface area (Å²) in [6.45, 7) is 0.896. The number of carbonyl (C=O) groups is 1. The summed E-state index contributed by atoms with van der Waals surface area (Å²) < 4.78 is 2.14. The van der Waals surface area contributed by atoms with Gasteiger partial charge in [0.15, 0.2) is 6.29 Å². The van der Waals surface area contributed by atoms with E-state index >= 15 is 0 Å². The van der Waals surface area contributed by atoms with Crippen LogP contribution in [0.15, 0.2) is 30.5 Å². The van der Waals surface area contributed by atoms with Crippen LogP contribution in [0, 0.1) is 11.3 Å². The van der Waals surface area contributed by atoms with E-state index in [9.17, 15) is 4.79 Å². The highest BCUT2D eigenvalue weighted by Gasteiger charge is 2.04. The summed E-state index contributed by atoms with van der Waals surface area (Å²) >= 11 is 0. The highest BCUT2D eigenvalue weighted by Crippen LogP contribution is 2.19. The molecule has 0 N–H and O–H groups in total. The zero-order chi connectivity index (χ0) is 12.1. The number of aryl methyl sites for hydroxylation is 1. The number of benzene rings is 1. The molecule has 3 nitrogen and oxygen atoms in total. The molecule has 2 rings (SSSR count). The normalized spacial score (nSPS) is 10.3. The molecule has 3 heteroatoms. The zero-order valence-corrected chi connectivity index (χ0v) is 9.60. The van der Waals surface area contributed by atoms with E-state index in [1.54, 1.807) is 0 Å². The van der Waals surface area contributed by atoms with Gasteiger partial charge in [0.2, 0.25) is 0 Å². The average Bonchev–Trinajstić information content (AvgIpc) is 2.78. The third-order valence-electron chi connectivity index (χ3n) is 2.91. The number of hydrogen-bond donors (Lipinski definition) is 0. The molecular weight excluding hydrogens is 212 g/mol. The van der Waals surface area contributed by atoms with Crippen molar-refractivity contribution in [2.24, 2.45) is 0 Å². The van der Waals surface area contributed by atoms with Gasteiger partial charge in [-0.05, 0) is 25.0 Å². The Morgan fingerprint density at radius 2 is 2.18 bits per heavy atom. The smallest absolute Gasteiger partial charge is 0.150 e. The van der Waals surface area contributed by atoms with E-state index < -0.39 is 0 Å². The van der Waals surface area contributed by atoms with E-state index in [4.69, 9.17) is 5.26 Å². The Kier molecular flexibility index (Phi) is 3.56. The van der Waals surface area contributed by atoms with Gasteiger partial charge in [-0.1, -0.05) is 12.1 Å². The van der Waals surface area contributed by atoms with Gasteiger partial charge in [0.05, 0.1) is 6.07 Å². The van der Waals surface area contributed by atoms with Gasteiger partial charge < -0.3 is 4.57 Å². The van der Waals surface area contributed by atoms with Gasteiger partial charge in [0.1, 0.15) is 0 Å². The van der Waals surface area contributed by atoms with E-state index in [1.807, 2.05) is 30.5 Å². The summed E-state index contributed by atoms with van der Waals surface area (Å²) in [4.78, 5) is 10.9. The first-order chi connectivity index (χ1) is 8.36. The van der Waals surface area contributed by atoms with Crippen LogP contribution >= 0.6 is 0 Å². The summed E-state index contributed by atoms with van der Waals surface area (Å²) in [6.07, 6.45) is 5.41. The van der Waals surface area contributed by atoms with Gasteiger partial charge in [-0.2, -0.15) is 5.26 Å². The monoisotopic (exact) mass is 226 g/mol. The fraction of sp³-hybridized carbons (Fsp3) is 0.286. The van der Waals surface area contributed by atoms with Crippen LogP contribution in [-0.4, -0.2) is 10.9 Å². The van der Waals surface area contributed by atoms with Gasteiger partial charge in [-0.25, -0.2) is 0 Å². The molecule has 1 aromatic carbocycles. The molecule has 0 aliphatic carbocycles. The maximum Gasteiger partial charge on any atom is 0.150 e. The first-order valence-corrected chi connectivity index (χ1v) is 5.77. The van der Waals surface area contributed by atoms with Crippen LogP contribution in [-0.2, 0) is 6.54 Å². The predicted octanol–water partition coefficient (Wildman–Crippen LogP) is 3.15. The number of nitriles is 1. The molecule has 0 saturated heterocycles. The molecule has 0 unspecified atom stereocenters. The number of hydrogen-bond acceptors (Lipinski definition) is 2. The van der Waals surface area contributed by atoms with Crippen LogP contribution in [0.25, 0.3) is 10.9 Å². The lowest BCUT2D eigenvalue weighted by Crippen LogP contribution is -1.96. The Bertz CT molecular complexity index is 563. The van der Waals surface area contributed by atoms with E-state index in [0.717, 1.165) is 42.1 Å². The topological polar surface area (TPSA) is 45.8 Å². The quantitative estimate of drug-likeness (QED) is 0.580. The van der Waals surface area contributed by atoms with E-state index in [0.29, 0.717) is 6.42 Å². The van der Waals surface area contributed by atoms with E-state index in [1.165, 1.54) is 0 Å².